The highest BCUT2D eigenvalue weighted by Gasteiger charge is 2.28. The van der Waals surface area contributed by atoms with E-state index in [1.807, 2.05) is 62.5 Å². The molecule has 8 heteroatoms. The van der Waals surface area contributed by atoms with Gasteiger partial charge in [-0.1, -0.05) is 35.5 Å². The van der Waals surface area contributed by atoms with Crippen molar-refractivity contribution in [2.75, 3.05) is 12.4 Å². The summed E-state index contributed by atoms with van der Waals surface area (Å²) in [6.07, 6.45) is 2.35. The van der Waals surface area contributed by atoms with E-state index in [1.54, 1.807) is 16.5 Å². The number of rotatable bonds is 5. The highest BCUT2D eigenvalue weighted by atomic mass is 16.5. The molecule has 174 valence electrons. The van der Waals surface area contributed by atoms with Crippen LogP contribution in [0.15, 0.2) is 57.8 Å². The first-order chi connectivity index (χ1) is 16.5. The van der Waals surface area contributed by atoms with Gasteiger partial charge in [0.15, 0.2) is 11.5 Å². The maximum atomic E-state index is 13.2. The monoisotopic (exact) mass is 458 g/mol. The van der Waals surface area contributed by atoms with Gasteiger partial charge in [0.2, 0.25) is 0 Å². The van der Waals surface area contributed by atoms with Crippen molar-refractivity contribution in [2.45, 2.75) is 32.7 Å². The van der Waals surface area contributed by atoms with Crippen LogP contribution in [0.2, 0.25) is 0 Å². The molecule has 8 nitrogen and oxygen atoms in total. The molecule has 1 aliphatic carbocycles. The van der Waals surface area contributed by atoms with Crippen molar-refractivity contribution in [3.63, 3.8) is 0 Å². The van der Waals surface area contributed by atoms with Crippen molar-refractivity contribution in [1.82, 2.24) is 14.5 Å². The van der Waals surface area contributed by atoms with Gasteiger partial charge in [-0.25, -0.2) is 4.68 Å². The number of benzene rings is 2. The quantitative estimate of drug-likeness (QED) is 0.489. The van der Waals surface area contributed by atoms with E-state index in [-0.39, 0.29) is 16.9 Å². The van der Waals surface area contributed by atoms with E-state index < -0.39 is 5.91 Å². The molecule has 0 aliphatic heterocycles. The number of carbonyl (C=O) groups excluding carboxylic acids is 1. The Morgan fingerprint density at radius 1 is 1.18 bits per heavy atom. The minimum Gasteiger partial charge on any atom is -0.497 e. The molecule has 2 heterocycles. The lowest BCUT2D eigenvalue weighted by atomic mass is 10.0. The molecule has 34 heavy (non-hydrogen) atoms. The Morgan fingerprint density at radius 3 is 2.74 bits per heavy atom. The lowest BCUT2D eigenvalue weighted by Gasteiger charge is -2.07. The predicted molar refractivity (Wildman–Crippen MR) is 128 cm³/mol. The Labute approximate surface area is 196 Å². The van der Waals surface area contributed by atoms with Crippen molar-refractivity contribution in [1.29, 1.82) is 0 Å². The van der Waals surface area contributed by atoms with Gasteiger partial charge in [-0.2, -0.15) is 0 Å². The van der Waals surface area contributed by atoms with Crippen LogP contribution in [0.3, 0.4) is 0 Å². The summed E-state index contributed by atoms with van der Waals surface area (Å²) in [6.45, 7) is 2.22. The molecule has 1 N–H and O–H groups in total. The van der Waals surface area contributed by atoms with Gasteiger partial charge >= 0.3 is 0 Å². The number of amides is 1. The highest BCUT2D eigenvalue weighted by Crippen LogP contribution is 2.36. The summed E-state index contributed by atoms with van der Waals surface area (Å²) in [7, 11) is 3.45. The number of aryl methyl sites for hydroxylation is 1. The second kappa shape index (κ2) is 8.70. The summed E-state index contributed by atoms with van der Waals surface area (Å²) in [5, 5.41) is 6.90. The van der Waals surface area contributed by atoms with Crippen molar-refractivity contribution < 1.29 is 14.1 Å². The zero-order chi connectivity index (χ0) is 23.8. The maximum Gasteiger partial charge on any atom is 0.291 e. The van der Waals surface area contributed by atoms with Crippen LogP contribution in [0.25, 0.3) is 11.3 Å². The first kappa shape index (κ1) is 21.8. The molecule has 2 aromatic heterocycles. The number of hydrogen-bond acceptors (Lipinski definition) is 5. The lowest BCUT2D eigenvalue weighted by Crippen LogP contribution is -2.25. The molecule has 4 aromatic rings. The average Bonchev–Trinajstić information content (AvgIpc) is 3.28. The number of fused-ring (bicyclic) bond motifs is 3. The minimum atomic E-state index is -0.445. The fraction of sp³-hybridized carbons (Fsp3) is 0.269. The molecule has 0 saturated heterocycles. The number of aromatic nitrogens is 3. The van der Waals surface area contributed by atoms with E-state index in [1.165, 1.54) is 0 Å². The summed E-state index contributed by atoms with van der Waals surface area (Å²) < 4.78 is 14.4. The smallest absolute Gasteiger partial charge is 0.291 e. The maximum absolute atomic E-state index is 13.2. The van der Waals surface area contributed by atoms with Crippen LogP contribution in [-0.4, -0.2) is 27.5 Å². The van der Waals surface area contributed by atoms with Crippen LogP contribution in [-0.2, 0) is 26.4 Å². The van der Waals surface area contributed by atoms with Gasteiger partial charge in [0, 0.05) is 18.2 Å². The fourth-order valence-electron chi connectivity index (χ4n) is 4.53. The molecule has 2 aromatic carbocycles. The molecule has 0 saturated carbocycles. The number of carbonyl (C=O) groups is 1. The third-order valence-electron chi connectivity index (χ3n) is 6.50. The Bertz CT molecular complexity index is 1430. The third kappa shape index (κ3) is 3.71. The van der Waals surface area contributed by atoms with Gasteiger partial charge < -0.3 is 14.6 Å². The largest absolute Gasteiger partial charge is 0.497 e. The molecular formula is C26H26N4O4. The van der Waals surface area contributed by atoms with E-state index in [9.17, 15) is 9.59 Å². The number of anilines is 1. The van der Waals surface area contributed by atoms with Crippen LogP contribution < -0.4 is 15.6 Å². The molecule has 0 atom stereocenters. The zero-order valence-corrected chi connectivity index (χ0v) is 19.4. The van der Waals surface area contributed by atoms with Gasteiger partial charge in [0.1, 0.15) is 11.4 Å². The molecule has 1 aliphatic rings. The number of ether oxygens (including phenoxy) is 1. The Morgan fingerprint density at radius 2 is 1.97 bits per heavy atom. The summed E-state index contributed by atoms with van der Waals surface area (Å²) in [4.78, 5) is 26.4. The second-order valence-corrected chi connectivity index (χ2v) is 8.50. The van der Waals surface area contributed by atoms with Crippen LogP contribution in [0.1, 0.15) is 39.3 Å². The number of methoxy groups -OCH3 is 1. The third-order valence-corrected chi connectivity index (χ3v) is 6.50. The second-order valence-electron chi connectivity index (χ2n) is 8.50. The van der Waals surface area contributed by atoms with Gasteiger partial charge in [0.25, 0.3) is 11.5 Å². The molecule has 0 bridgehead atoms. The zero-order valence-electron chi connectivity index (χ0n) is 19.4. The van der Waals surface area contributed by atoms with Crippen molar-refractivity contribution >= 4 is 11.6 Å². The molecule has 0 spiro atoms. The van der Waals surface area contributed by atoms with Crippen molar-refractivity contribution in [3.8, 4) is 17.1 Å². The van der Waals surface area contributed by atoms with Crippen molar-refractivity contribution in [2.24, 2.45) is 7.05 Å². The van der Waals surface area contributed by atoms with Gasteiger partial charge in [-0.15, -0.1) is 0 Å². The Kier molecular flexibility index (Phi) is 5.57. The molecule has 1 amide bonds. The van der Waals surface area contributed by atoms with Gasteiger partial charge in [-0.3, -0.25) is 14.3 Å². The van der Waals surface area contributed by atoms with E-state index in [0.717, 1.165) is 40.8 Å². The van der Waals surface area contributed by atoms with E-state index >= 15 is 0 Å². The van der Waals surface area contributed by atoms with Crippen LogP contribution >= 0.6 is 0 Å². The number of hydrogen-bond donors (Lipinski definition) is 1. The Balaban J connectivity index is 1.46. The van der Waals surface area contributed by atoms with Gasteiger partial charge in [-0.05, 0) is 55.5 Å². The molecule has 5 rings (SSSR count). The van der Waals surface area contributed by atoms with E-state index in [2.05, 4.69) is 10.5 Å². The van der Waals surface area contributed by atoms with Crippen LogP contribution in [0, 0.1) is 6.92 Å². The molecule has 0 unspecified atom stereocenters. The van der Waals surface area contributed by atoms with Crippen molar-refractivity contribution in [3.05, 3.63) is 87.0 Å². The first-order valence-corrected chi connectivity index (χ1v) is 11.3. The summed E-state index contributed by atoms with van der Waals surface area (Å²) in [5.41, 5.74) is 4.66. The fourth-order valence-corrected chi connectivity index (χ4v) is 4.53. The average molecular weight is 459 g/mol. The number of nitrogens with one attached hydrogen (secondary N) is 1. The SMILES string of the molecule is COc1ccc2c(c1)CCCc1c(C(=O)Nc3c(C)n(C)n(Cc4ccccc4)c3=O)noc1-2. The van der Waals surface area contributed by atoms with E-state index in [0.29, 0.717) is 24.4 Å². The summed E-state index contributed by atoms with van der Waals surface area (Å²) in [5.74, 6) is 0.942. The standard InChI is InChI=1S/C26H26N4O4/c1-16-22(26(32)30(29(16)2)15-17-8-5-4-6-9-17)27-25(31)23-21-11-7-10-18-14-19(33-3)12-13-20(18)24(21)34-28-23/h4-6,8-9,12-14H,7,10-11,15H2,1-3H3,(H,27,31). The first-order valence-electron chi connectivity index (χ1n) is 11.3. The summed E-state index contributed by atoms with van der Waals surface area (Å²) >= 11 is 0. The summed E-state index contributed by atoms with van der Waals surface area (Å²) in [6, 6.07) is 15.5. The van der Waals surface area contributed by atoms with Crippen LogP contribution in [0.5, 0.6) is 5.75 Å². The lowest BCUT2D eigenvalue weighted by molar-refractivity contribution is 0.101. The molecular weight excluding hydrogens is 432 g/mol. The Hall–Kier alpha value is -4.07. The van der Waals surface area contributed by atoms with Gasteiger partial charge in [0.05, 0.1) is 19.3 Å². The van der Waals surface area contributed by atoms with Crippen LogP contribution in [0.4, 0.5) is 5.69 Å². The predicted octanol–water partition coefficient (Wildman–Crippen LogP) is 3.95. The molecule has 0 radical (unpaired) electrons. The van der Waals surface area contributed by atoms with E-state index in [4.69, 9.17) is 9.26 Å². The highest BCUT2D eigenvalue weighted by molar-refractivity contribution is 6.05. The number of nitrogens with zero attached hydrogens (tertiary/aromatic N) is 3. The molecule has 0 fully saturated rings. The minimum absolute atomic E-state index is 0.218. The normalized spacial score (nSPS) is 12.6. The topological polar surface area (TPSA) is 91.3 Å².